The highest BCUT2D eigenvalue weighted by Gasteiger charge is 2.16. The largest absolute Gasteiger partial charge is 0.394 e. The second-order valence-corrected chi connectivity index (χ2v) is 6.11. The summed E-state index contributed by atoms with van der Waals surface area (Å²) in [5, 5.41) is 15.9. The van der Waals surface area contributed by atoms with Gasteiger partial charge in [0, 0.05) is 12.2 Å². The van der Waals surface area contributed by atoms with E-state index in [-0.39, 0.29) is 18.7 Å². The number of anilines is 3. The average molecular weight is 341 g/mol. The van der Waals surface area contributed by atoms with Gasteiger partial charge in [-0.25, -0.2) is 4.98 Å². The van der Waals surface area contributed by atoms with Crippen LogP contribution in [0.25, 0.3) is 11.2 Å². The monoisotopic (exact) mass is 341 g/mol. The van der Waals surface area contributed by atoms with Crippen molar-refractivity contribution in [3.63, 3.8) is 0 Å². The van der Waals surface area contributed by atoms with Gasteiger partial charge >= 0.3 is 0 Å². The summed E-state index contributed by atoms with van der Waals surface area (Å²) in [5.41, 5.74) is 2.26. The molecule has 3 N–H and O–H groups in total. The third kappa shape index (κ3) is 3.69. The number of aliphatic hydroxyl groups is 1. The maximum Gasteiger partial charge on any atom is 0.227 e. The van der Waals surface area contributed by atoms with Crippen LogP contribution in [0, 0.1) is 0 Å². The maximum atomic E-state index is 9.45. The van der Waals surface area contributed by atoms with Gasteiger partial charge in [0.05, 0.1) is 30.9 Å². The molecule has 0 radical (unpaired) electrons. The summed E-state index contributed by atoms with van der Waals surface area (Å²) in [6.45, 7) is 6.17. The van der Waals surface area contributed by atoms with E-state index in [1.54, 1.807) is 18.7 Å². The van der Waals surface area contributed by atoms with E-state index in [2.05, 4.69) is 44.4 Å². The van der Waals surface area contributed by atoms with Gasteiger partial charge in [0.1, 0.15) is 0 Å². The van der Waals surface area contributed by atoms with Gasteiger partial charge in [-0.3, -0.25) is 4.98 Å². The molecule has 25 heavy (non-hydrogen) atoms. The van der Waals surface area contributed by atoms with Crippen molar-refractivity contribution < 1.29 is 5.11 Å². The fourth-order valence-electron chi connectivity index (χ4n) is 2.48. The third-order valence-corrected chi connectivity index (χ3v) is 3.95. The highest BCUT2D eigenvalue weighted by Crippen LogP contribution is 2.26. The predicted molar refractivity (Wildman–Crippen MR) is 98.0 cm³/mol. The Hall–Kier alpha value is -2.74. The van der Waals surface area contributed by atoms with Crippen LogP contribution in [0.3, 0.4) is 0 Å². The smallest absolute Gasteiger partial charge is 0.227 e. The van der Waals surface area contributed by atoms with E-state index < -0.39 is 0 Å². The molecule has 8 heteroatoms. The van der Waals surface area contributed by atoms with Crippen molar-refractivity contribution in [3.8, 4) is 0 Å². The molecule has 0 unspecified atom stereocenters. The van der Waals surface area contributed by atoms with E-state index >= 15 is 0 Å². The molecule has 8 nitrogen and oxygen atoms in total. The van der Waals surface area contributed by atoms with Gasteiger partial charge in [0.15, 0.2) is 17.0 Å². The quantitative estimate of drug-likeness (QED) is 0.607. The molecule has 0 fully saturated rings. The second-order valence-electron chi connectivity index (χ2n) is 6.11. The normalized spacial score (nSPS) is 12.5. The lowest BCUT2D eigenvalue weighted by Crippen LogP contribution is -2.24. The van der Waals surface area contributed by atoms with E-state index in [4.69, 9.17) is 0 Å². The van der Waals surface area contributed by atoms with E-state index in [9.17, 15) is 5.11 Å². The Bertz CT molecular complexity index is 828. The summed E-state index contributed by atoms with van der Waals surface area (Å²) in [5.74, 6) is 1.06. The summed E-state index contributed by atoms with van der Waals surface area (Å²) >= 11 is 0. The zero-order chi connectivity index (χ0) is 17.8. The van der Waals surface area contributed by atoms with Gasteiger partial charge in [0.25, 0.3) is 0 Å². The molecule has 0 spiro atoms. The minimum Gasteiger partial charge on any atom is -0.394 e. The predicted octanol–water partition coefficient (Wildman–Crippen LogP) is 2.73. The lowest BCUT2D eigenvalue weighted by Gasteiger charge is -2.16. The molecular weight excluding hydrogens is 318 g/mol. The number of aromatic nitrogens is 5. The average Bonchev–Trinajstić information content (AvgIpc) is 3.05. The number of pyridine rings is 1. The summed E-state index contributed by atoms with van der Waals surface area (Å²) in [6, 6.07) is 3.89. The molecule has 3 rings (SSSR count). The first-order valence-electron chi connectivity index (χ1n) is 8.41. The van der Waals surface area contributed by atoms with Gasteiger partial charge in [0.2, 0.25) is 5.95 Å². The molecule has 0 aliphatic rings. The molecule has 0 aliphatic carbocycles. The van der Waals surface area contributed by atoms with Gasteiger partial charge in [-0.1, -0.05) is 6.92 Å². The van der Waals surface area contributed by atoms with Crippen LogP contribution in [0.15, 0.2) is 30.9 Å². The van der Waals surface area contributed by atoms with Gasteiger partial charge in [-0.15, -0.1) is 0 Å². The number of nitrogens with one attached hydrogen (secondary N) is 2. The van der Waals surface area contributed by atoms with Crippen molar-refractivity contribution in [3.05, 3.63) is 30.9 Å². The fourth-order valence-corrected chi connectivity index (χ4v) is 2.48. The molecule has 132 valence electrons. The van der Waals surface area contributed by atoms with Crippen molar-refractivity contribution >= 4 is 28.6 Å². The third-order valence-electron chi connectivity index (χ3n) is 3.95. The van der Waals surface area contributed by atoms with Crippen LogP contribution in [0.5, 0.6) is 0 Å². The molecule has 0 aliphatic heterocycles. The van der Waals surface area contributed by atoms with Crippen molar-refractivity contribution in [2.45, 2.75) is 39.3 Å². The summed E-state index contributed by atoms with van der Waals surface area (Å²) < 4.78 is 2.00. The number of hydrogen-bond donors (Lipinski definition) is 3. The topological polar surface area (TPSA) is 101 Å². The van der Waals surface area contributed by atoms with Crippen LogP contribution in [-0.2, 0) is 0 Å². The molecule has 0 amide bonds. The van der Waals surface area contributed by atoms with E-state index in [1.165, 1.54) is 0 Å². The molecule has 0 saturated carbocycles. The van der Waals surface area contributed by atoms with Crippen LogP contribution in [0.4, 0.5) is 17.5 Å². The Morgan fingerprint density at radius 2 is 2.12 bits per heavy atom. The Kier molecular flexibility index (Phi) is 5.08. The summed E-state index contributed by atoms with van der Waals surface area (Å²) in [6.07, 6.45) is 5.98. The molecular formula is C17H23N7O. The number of hydrogen-bond acceptors (Lipinski definition) is 7. The van der Waals surface area contributed by atoms with E-state index in [0.717, 1.165) is 17.8 Å². The molecule has 0 saturated heterocycles. The molecule has 0 bridgehead atoms. The zero-order valence-corrected chi connectivity index (χ0v) is 14.6. The lowest BCUT2D eigenvalue weighted by molar-refractivity contribution is 0.271. The summed E-state index contributed by atoms with van der Waals surface area (Å²) in [4.78, 5) is 17.7. The van der Waals surface area contributed by atoms with Crippen LogP contribution in [0.2, 0.25) is 0 Å². The van der Waals surface area contributed by atoms with Crippen molar-refractivity contribution in [1.82, 2.24) is 24.5 Å². The Morgan fingerprint density at radius 3 is 2.76 bits per heavy atom. The first-order valence-corrected chi connectivity index (χ1v) is 8.41. The Labute approximate surface area is 146 Å². The zero-order valence-electron chi connectivity index (χ0n) is 14.6. The highest BCUT2D eigenvalue weighted by molar-refractivity contribution is 5.86. The maximum absolute atomic E-state index is 9.45. The molecule has 3 aromatic heterocycles. The molecule has 1 atom stereocenters. The van der Waals surface area contributed by atoms with E-state index in [0.29, 0.717) is 17.3 Å². The SMILES string of the molecule is CC[C@H](CO)Nc1nc(Nc2cccnc2)c2ncn(C(C)C)c2n1. The Morgan fingerprint density at radius 1 is 1.28 bits per heavy atom. The standard InChI is InChI=1S/C17H23N7O/c1-4-12(9-25)21-17-22-15(20-13-6-5-7-18-8-13)14-16(23-17)24(10-19-14)11(2)3/h5-8,10-12,25H,4,9H2,1-3H3,(H2,20,21,22,23)/t12-/m1/s1. The number of rotatable bonds is 7. The molecule has 3 heterocycles. The van der Waals surface area contributed by atoms with Crippen molar-refractivity contribution in [2.75, 3.05) is 17.2 Å². The number of nitrogens with zero attached hydrogens (tertiary/aromatic N) is 5. The van der Waals surface area contributed by atoms with E-state index in [1.807, 2.05) is 23.6 Å². The first-order chi connectivity index (χ1) is 12.1. The van der Waals surface area contributed by atoms with Crippen molar-refractivity contribution in [1.29, 1.82) is 0 Å². The number of imidazole rings is 1. The van der Waals surface area contributed by atoms with Crippen molar-refractivity contribution in [2.24, 2.45) is 0 Å². The van der Waals surface area contributed by atoms with Crippen LogP contribution >= 0.6 is 0 Å². The second kappa shape index (κ2) is 7.43. The van der Waals surface area contributed by atoms with Gasteiger partial charge < -0.3 is 20.3 Å². The minimum atomic E-state index is -0.0980. The van der Waals surface area contributed by atoms with Crippen LogP contribution < -0.4 is 10.6 Å². The summed E-state index contributed by atoms with van der Waals surface area (Å²) in [7, 11) is 0. The lowest BCUT2D eigenvalue weighted by atomic mass is 10.2. The minimum absolute atomic E-state index is 0.0205. The fraction of sp³-hybridized carbons (Fsp3) is 0.412. The first kappa shape index (κ1) is 17.1. The Balaban J connectivity index is 2.06. The molecule has 0 aromatic carbocycles. The number of aliphatic hydroxyl groups excluding tert-OH is 1. The van der Waals surface area contributed by atoms with Gasteiger partial charge in [-0.2, -0.15) is 9.97 Å². The number of fused-ring (bicyclic) bond motifs is 1. The van der Waals surface area contributed by atoms with Crippen LogP contribution in [-0.4, -0.2) is 42.3 Å². The molecule has 3 aromatic rings. The van der Waals surface area contributed by atoms with Gasteiger partial charge in [-0.05, 0) is 32.4 Å². The van der Waals surface area contributed by atoms with Crippen LogP contribution in [0.1, 0.15) is 33.2 Å². The highest BCUT2D eigenvalue weighted by atomic mass is 16.3.